The molecule has 2 aliphatic rings. The number of pyridine rings is 1. The first-order valence-corrected chi connectivity index (χ1v) is 13.7. The van der Waals surface area contributed by atoms with Gasteiger partial charge in [0, 0.05) is 38.3 Å². The number of anilines is 1. The number of piperazine rings is 1. The molecule has 0 radical (unpaired) electrons. The molecule has 194 valence electrons. The van der Waals surface area contributed by atoms with Crippen molar-refractivity contribution in [1.29, 1.82) is 5.26 Å². The van der Waals surface area contributed by atoms with Crippen molar-refractivity contribution in [2.75, 3.05) is 37.6 Å². The van der Waals surface area contributed by atoms with E-state index in [0.717, 1.165) is 50.5 Å². The van der Waals surface area contributed by atoms with Gasteiger partial charge in [-0.3, -0.25) is 19.1 Å². The SMILES string of the molecule is CCCn1c(N2CCN(CC)CC2)c(/C=C2\SC(=S)N(Cc3ccc(F)cc3)C2=O)c(C)c(C#N)c1=O. The van der Waals surface area contributed by atoms with Crippen molar-refractivity contribution < 1.29 is 9.18 Å². The molecule has 0 N–H and O–H groups in total. The number of rotatable bonds is 7. The number of carbonyl (C=O) groups excluding carboxylic acids is 1. The molecular formula is C27H30FN5O2S2. The first-order chi connectivity index (χ1) is 17.8. The van der Waals surface area contributed by atoms with E-state index >= 15 is 0 Å². The summed E-state index contributed by atoms with van der Waals surface area (Å²) in [7, 11) is 0. The van der Waals surface area contributed by atoms with Gasteiger partial charge in [0.1, 0.15) is 27.6 Å². The average molecular weight is 540 g/mol. The molecule has 0 atom stereocenters. The van der Waals surface area contributed by atoms with Crippen LogP contribution in [0.25, 0.3) is 6.08 Å². The highest BCUT2D eigenvalue weighted by molar-refractivity contribution is 8.26. The number of benzene rings is 1. The predicted molar refractivity (Wildman–Crippen MR) is 150 cm³/mol. The van der Waals surface area contributed by atoms with Gasteiger partial charge in [-0.05, 0) is 49.2 Å². The number of thiocarbonyl (C=S) groups is 1. The highest BCUT2D eigenvalue weighted by Crippen LogP contribution is 2.36. The van der Waals surface area contributed by atoms with E-state index in [1.807, 2.05) is 6.92 Å². The normalized spacial score (nSPS) is 17.6. The topological polar surface area (TPSA) is 72.6 Å². The van der Waals surface area contributed by atoms with Crippen LogP contribution in [0.1, 0.15) is 42.5 Å². The Morgan fingerprint density at radius 3 is 2.41 bits per heavy atom. The summed E-state index contributed by atoms with van der Waals surface area (Å²) in [6, 6.07) is 8.08. The van der Waals surface area contributed by atoms with Crippen LogP contribution in [0.2, 0.25) is 0 Å². The Morgan fingerprint density at radius 2 is 1.81 bits per heavy atom. The second-order valence-electron chi connectivity index (χ2n) is 9.12. The second kappa shape index (κ2) is 11.6. The molecule has 0 unspecified atom stereocenters. The molecule has 1 amide bonds. The Labute approximate surface area is 226 Å². The maximum atomic E-state index is 13.4. The summed E-state index contributed by atoms with van der Waals surface area (Å²) >= 11 is 6.72. The van der Waals surface area contributed by atoms with E-state index in [-0.39, 0.29) is 29.4 Å². The van der Waals surface area contributed by atoms with Gasteiger partial charge in [0.05, 0.1) is 11.4 Å². The van der Waals surface area contributed by atoms with Gasteiger partial charge in [-0.1, -0.05) is 50.0 Å². The van der Waals surface area contributed by atoms with Gasteiger partial charge in [0.2, 0.25) is 0 Å². The Hall–Kier alpha value is -3.00. The van der Waals surface area contributed by atoms with Crippen molar-refractivity contribution in [1.82, 2.24) is 14.4 Å². The van der Waals surface area contributed by atoms with Crippen LogP contribution in [0.5, 0.6) is 0 Å². The van der Waals surface area contributed by atoms with E-state index in [1.165, 1.54) is 28.8 Å². The van der Waals surface area contributed by atoms with Crippen molar-refractivity contribution in [2.24, 2.45) is 0 Å². The number of nitrogens with zero attached hydrogens (tertiary/aromatic N) is 5. The Kier molecular flexibility index (Phi) is 8.47. The van der Waals surface area contributed by atoms with Crippen molar-refractivity contribution in [3.63, 3.8) is 0 Å². The first-order valence-electron chi connectivity index (χ1n) is 12.4. The third-order valence-corrected chi connectivity index (χ3v) is 8.19. The Morgan fingerprint density at radius 1 is 1.14 bits per heavy atom. The van der Waals surface area contributed by atoms with Gasteiger partial charge in [-0.25, -0.2) is 4.39 Å². The number of amides is 1. The standard InChI is InChI=1S/C27H30FN5O2S2/c1-4-10-32-24(31-13-11-30(5-2)12-14-31)21(18(3)22(16-29)25(32)34)15-23-26(35)33(27(36)37-23)17-19-6-8-20(28)9-7-19/h6-9,15H,4-5,10-14,17H2,1-3H3/b23-15-. The molecular weight excluding hydrogens is 509 g/mol. The van der Waals surface area contributed by atoms with Gasteiger partial charge < -0.3 is 9.80 Å². The molecule has 7 nitrogen and oxygen atoms in total. The number of halogens is 1. The summed E-state index contributed by atoms with van der Waals surface area (Å²) in [5.74, 6) is 0.169. The summed E-state index contributed by atoms with van der Waals surface area (Å²) in [5.41, 5.74) is 1.84. The van der Waals surface area contributed by atoms with E-state index in [9.17, 15) is 19.2 Å². The summed E-state index contributed by atoms with van der Waals surface area (Å²) < 4.78 is 15.4. The zero-order valence-electron chi connectivity index (χ0n) is 21.3. The molecule has 0 bridgehead atoms. The van der Waals surface area contributed by atoms with E-state index in [0.29, 0.717) is 26.9 Å². The molecule has 2 fully saturated rings. The molecule has 4 rings (SSSR count). The molecule has 37 heavy (non-hydrogen) atoms. The van der Waals surface area contributed by atoms with Crippen LogP contribution in [-0.2, 0) is 17.9 Å². The molecule has 3 heterocycles. The minimum Gasteiger partial charge on any atom is -0.355 e. The smallest absolute Gasteiger partial charge is 0.270 e. The van der Waals surface area contributed by atoms with E-state index in [2.05, 4.69) is 22.8 Å². The zero-order valence-corrected chi connectivity index (χ0v) is 22.9. The maximum absolute atomic E-state index is 13.4. The lowest BCUT2D eigenvalue weighted by molar-refractivity contribution is -0.122. The predicted octanol–water partition coefficient (Wildman–Crippen LogP) is 4.12. The fourth-order valence-corrected chi connectivity index (χ4v) is 5.97. The lowest BCUT2D eigenvalue weighted by atomic mass is 10.0. The largest absolute Gasteiger partial charge is 0.355 e. The van der Waals surface area contributed by atoms with Gasteiger partial charge in [0.25, 0.3) is 11.5 Å². The Balaban J connectivity index is 1.79. The molecule has 0 aliphatic carbocycles. The third kappa shape index (κ3) is 5.49. The van der Waals surface area contributed by atoms with Crippen LogP contribution < -0.4 is 10.5 Å². The third-order valence-electron chi connectivity index (χ3n) is 6.82. The minimum atomic E-state index is -0.340. The quantitative estimate of drug-likeness (QED) is 0.387. The fourth-order valence-electron chi connectivity index (χ4n) is 4.73. The van der Waals surface area contributed by atoms with Crippen molar-refractivity contribution in [3.05, 3.63) is 67.6 Å². The lowest BCUT2D eigenvalue weighted by Gasteiger charge is -2.37. The summed E-state index contributed by atoms with van der Waals surface area (Å²) in [6.07, 6.45) is 2.52. The number of hydrogen-bond acceptors (Lipinski definition) is 7. The number of aromatic nitrogens is 1. The average Bonchev–Trinajstić information content (AvgIpc) is 3.16. The van der Waals surface area contributed by atoms with Crippen LogP contribution in [0.3, 0.4) is 0 Å². The summed E-state index contributed by atoms with van der Waals surface area (Å²) in [4.78, 5) is 33.3. The molecule has 1 aromatic carbocycles. The highest BCUT2D eigenvalue weighted by Gasteiger charge is 2.33. The van der Waals surface area contributed by atoms with E-state index in [4.69, 9.17) is 12.2 Å². The summed E-state index contributed by atoms with van der Waals surface area (Å²) in [6.45, 7) is 10.8. The van der Waals surface area contributed by atoms with E-state index in [1.54, 1.807) is 29.7 Å². The van der Waals surface area contributed by atoms with Gasteiger partial charge >= 0.3 is 0 Å². The van der Waals surface area contributed by atoms with Crippen molar-refractivity contribution in [3.8, 4) is 6.07 Å². The fraction of sp³-hybridized carbons (Fsp3) is 0.407. The number of likely N-dealkylation sites (N-methyl/N-ethyl adjacent to an activating group) is 1. The van der Waals surface area contributed by atoms with Crippen LogP contribution in [-0.4, -0.2) is 57.3 Å². The van der Waals surface area contributed by atoms with Crippen molar-refractivity contribution >= 4 is 46.1 Å². The molecule has 2 saturated heterocycles. The van der Waals surface area contributed by atoms with Gasteiger partial charge in [-0.2, -0.15) is 5.26 Å². The molecule has 2 aliphatic heterocycles. The van der Waals surface area contributed by atoms with Crippen LogP contribution in [0, 0.1) is 24.1 Å². The molecule has 0 spiro atoms. The molecule has 1 aromatic heterocycles. The summed E-state index contributed by atoms with van der Waals surface area (Å²) in [5, 5.41) is 9.83. The molecule has 2 aromatic rings. The van der Waals surface area contributed by atoms with Crippen LogP contribution >= 0.6 is 24.0 Å². The van der Waals surface area contributed by atoms with E-state index < -0.39 is 0 Å². The first kappa shape index (κ1) is 27.0. The highest BCUT2D eigenvalue weighted by atomic mass is 32.2. The van der Waals surface area contributed by atoms with Crippen LogP contribution in [0.15, 0.2) is 34.0 Å². The maximum Gasteiger partial charge on any atom is 0.270 e. The number of hydrogen-bond donors (Lipinski definition) is 0. The van der Waals surface area contributed by atoms with Crippen LogP contribution in [0.4, 0.5) is 10.2 Å². The lowest BCUT2D eigenvalue weighted by Crippen LogP contribution is -2.48. The second-order valence-corrected chi connectivity index (χ2v) is 10.8. The number of nitriles is 1. The minimum absolute atomic E-state index is 0.0948. The zero-order chi connectivity index (χ0) is 26.7. The Bertz CT molecular complexity index is 1340. The van der Waals surface area contributed by atoms with Crippen molar-refractivity contribution in [2.45, 2.75) is 40.3 Å². The molecule has 0 saturated carbocycles. The van der Waals surface area contributed by atoms with Gasteiger partial charge in [-0.15, -0.1) is 0 Å². The molecule has 10 heteroatoms. The number of thioether (sulfide) groups is 1. The van der Waals surface area contributed by atoms with Gasteiger partial charge in [0.15, 0.2) is 0 Å². The monoisotopic (exact) mass is 539 g/mol. The number of carbonyl (C=O) groups is 1.